The van der Waals surface area contributed by atoms with Crippen molar-refractivity contribution in [1.29, 1.82) is 0 Å². The number of imide groups is 1. The van der Waals surface area contributed by atoms with Gasteiger partial charge in [0.05, 0.1) is 6.26 Å². The monoisotopic (exact) mass is 409 g/mol. The Kier molecular flexibility index (Phi) is 6.50. The van der Waals surface area contributed by atoms with Crippen LogP contribution in [0.1, 0.15) is 74.1 Å². The van der Waals surface area contributed by atoms with Crippen molar-refractivity contribution in [2.45, 2.75) is 96.7 Å². The summed E-state index contributed by atoms with van der Waals surface area (Å²) in [4.78, 5) is 26.8. The summed E-state index contributed by atoms with van der Waals surface area (Å²) in [5, 5.41) is 0. The van der Waals surface area contributed by atoms with E-state index in [9.17, 15) is 9.59 Å². The summed E-state index contributed by atoms with van der Waals surface area (Å²) >= 11 is 0. The van der Waals surface area contributed by atoms with Crippen LogP contribution in [-0.2, 0) is 14.0 Å². The lowest BCUT2D eigenvalue weighted by Crippen LogP contribution is -2.66. The Morgan fingerprint density at radius 2 is 1.64 bits per heavy atom. The first-order valence-electron chi connectivity index (χ1n) is 10.1. The van der Waals surface area contributed by atoms with Gasteiger partial charge in [0.2, 0.25) is 8.32 Å². The molecule has 0 saturated carbocycles. The molecule has 1 fully saturated rings. The zero-order valence-corrected chi connectivity index (χ0v) is 19.6. The van der Waals surface area contributed by atoms with Crippen LogP contribution in [-0.4, -0.2) is 36.9 Å². The van der Waals surface area contributed by atoms with E-state index in [-0.39, 0.29) is 5.91 Å². The van der Waals surface area contributed by atoms with Gasteiger partial charge in [-0.1, -0.05) is 41.5 Å². The molecule has 0 radical (unpaired) electrons. The Morgan fingerprint density at radius 3 is 2.04 bits per heavy atom. The molecule has 6 nitrogen and oxygen atoms in total. The molecule has 2 amide bonds. The van der Waals surface area contributed by atoms with E-state index in [2.05, 4.69) is 41.5 Å². The molecule has 2 heterocycles. The van der Waals surface area contributed by atoms with E-state index in [1.54, 1.807) is 39.2 Å². The van der Waals surface area contributed by atoms with Gasteiger partial charge in [-0.15, -0.1) is 0 Å². The SMILES string of the molecule is CC(C)[Si](O[C@H]1C(=O)N(C(=O)OC(C)(C)C)[C@H]1c1ccco1)(C(C)C)C(C)C. The molecular formula is C21H35NO5Si. The predicted molar refractivity (Wildman–Crippen MR) is 110 cm³/mol. The van der Waals surface area contributed by atoms with Crippen LogP contribution in [0.15, 0.2) is 22.8 Å². The number of amides is 2. The lowest BCUT2D eigenvalue weighted by atomic mass is 9.96. The van der Waals surface area contributed by atoms with Gasteiger partial charge in [0.1, 0.15) is 17.4 Å². The molecule has 0 spiro atoms. The molecule has 28 heavy (non-hydrogen) atoms. The summed E-state index contributed by atoms with van der Waals surface area (Å²) in [5.41, 5.74) is 0.290. The Bertz CT molecular complexity index is 668. The summed E-state index contributed by atoms with van der Waals surface area (Å²) in [6.07, 6.45) is 0.155. The largest absolute Gasteiger partial charge is 0.467 e. The highest BCUT2D eigenvalue weighted by Gasteiger charge is 2.59. The van der Waals surface area contributed by atoms with Crippen molar-refractivity contribution >= 4 is 20.3 Å². The Morgan fingerprint density at radius 1 is 1.11 bits per heavy atom. The number of hydrogen-bond acceptors (Lipinski definition) is 5. The number of furan rings is 1. The molecule has 1 saturated heterocycles. The van der Waals surface area contributed by atoms with Crippen LogP contribution in [0.3, 0.4) is 0 Å². The Hall–Kier alpha value is -1.60. The zero-order chi connectivity index (χ0) is 21.4. The summed E-state index contributed by atoms with van der Waals surface area (Å²) in [7, 11) is -2.31. The van der Waals surface area contributed by atoms with E-state index in [0.717, 1.165) is 4.90 Å². The molecule has 2 atom stereocenters. The number of likely N-dealkylation sites (tertiary alicyclic amines) is 1. The van der Waals surface area contributed by atoms with Gasteiger partial charge >= 0.3 is 6.09 Å². The minimum atomic E-state index is -2.31. The first kappa shape index (κ1) is 22.7. The van der Waals surface area contributed by atoms with E-state index in [4.69, 9.17) is 13.6 Å². The minimum absolute atomic E-state index is 0.327. The standard InChI is InChI=1S/C21H35NO5Si/c1-13(2)28(14(3)4,15(5)6)27-18-17(16-11-10-12-25-16)22(19(18)23)20(24)26-21(7,8)9/h10-15,17-18H,1-9H3/t17-,18+/m0/s1. The van der Waals surface area contributed by atoms with Gasteiger partial charge in [-0.3, -0.25) is 4.79 Å². The van der Waals surface area contributed by atoms with Crippen LogP contribution < -0.4 is 0 Å². The van der Waals surface area contributed by atoms with Crippen LogP contribution in [0, 0.1) is 0 Å². The molecular weight excluding hydrogens is 374 g/mol. The van der Waals surface area contributed by atoms with Crippen molar-refractivity contribution in [3.8, 4) is 0 Å². The molecule has 0 unspecified atom stereocenters. The maximum absolute atomic E-state index is 13.0. The summed E-state index contributed by atoms with van der Waals surface area (Å²) in [5.74, 6) is 0.184. The fourth-order valence-electron chi connectivity index (χ4n) is 4.46. The number of hydrogen-bond donors (Lipinski definition) is 0. The van der Waals surface area contributed by atoms with Crippen molar-refractivity contribution in [3.05, 3.63) is 24.2 Å². The fourth-order valence-corrected chi connectivity index (χ4v) is 9.94. The average molecular weight is 410 g/mol. The molecule has 0 bridgehead atoms. The van der Waals surface area contributed by atoms with Crippen LogP contribution in [0.25, 0.3) is 0 Å². The van der Waals surface area contributed by atoms with Crippen LogP contribution >= 0.6 is 0 Å². The molecule has 0 aromatic carbocycles. The quantitative estimate of drug-likeness (QED) is 0.448. The molecule has 2 rings (SSSR count). The Balaban J connectivity index is 2.38. The molecule has 0 aliphatic carbocycles. The second-order valence-electron chi connectivity index (χ2n) is 9.50. The molecule has 1 aromatic rings. The third kappa shape index (κ3) is 4.05. The number of nitrogens with zero attached hydrogens (tertiary/aromatic N) is 1. The van der Waals surface area contributed by atoms with Gasteiger partial charge in [-0.05, 0) is 49.5 Å². The maximum atomic E-state index is 13.0. The maximum Gasteiger partial charge on any atom is 0.417 e. The summed E-state index contributed by atoms with van der Waals surface area (Å²) < 4.78 is 17.7. The van der Waals surface area contributed by atoms with Crippen molar-refractivity contribution in [1.82, 2.24) is 4.90 Å². The van der Waals surface area contributed by atoms with E-state index >= 15 is 0 Å². The number of rotatable bonds is 6. The number of carbonyl (C=O) groups is 2. The fraction of sp³-hybridized carbons (Fsp3) is 0.714. The number of carbonyl (C=O) groups excluding carboxylic acids is 2. The van der Waals surface area contributed by atoms with Crippen molar-refractivity contribution in [3.63, 3.8) is 0 Å². The second-order valence-corrected chi connectivity index (χ2v) is 14.9. The molecule has 1 aromatic heterocycles. The van der Waals surface area contributed by atoms with E-state index in [1.165, 1.54) is 0 Å². The van der Waals surface area contributed by atoms with E-state index < -0.39 is 32.2 Å². The molecule has 1 aliphatic rings. The van der Waals surface area contributed by atoms with E-state index in [0.29, 0.717) is 22.4 Å². The van der Waals surface area contributed by atoms with Crippen LogP contribution in [0.2, 0.25) is 16.6 Å². The predicted octanol–water partition coefficient (Wildman–Crippen LogP) is 5.66. The van der Waals surface area contributed by atoms with Gasteiger partial charge in [-0.2, -0.15) is 0 Å². The van der Waals surface area contributed by atoms with Crippen molar-refractivity contribution in [2.75, 3.05) is 0 Å². The number of ether oxygens (including phenoxy) is 1. The highest BCUT2D eigenvalue weighted by molar-refractivity contribution is 6.77. The third-order valence-electron chi connectivity index (χ3n) is 5.51. The van der Waals surface area contributed by atoms with Crippen molar-refractivity contribution in [2.24, 2.45) is 0 Å². The smallest absolute Gasteiger partial charge is 0.417 e. The van der Waals surface area contributed by atoms with Crippen LogP contribution in [0.4, 0.5) is 4.79 Å². The summed E-state index contributed by atoms with van der Waals surface area (Å²) in [6, 6.07) is 2.93. The number of β-lactam (4-membered cyclic amide) rings is 1. The minimum Gasteiger partial charge on any atom is -0.467 e. The first-order chi connectivity index (χ1) is 12.8. The molecule has 0 N–H and O–H groups in total. The van der Waals surface area contributed by atoms with Gasteiger partial charge in [-0.25, -0.2) is 9.69 Å². The van der Waals surface area contributed by atoms with Gasteiger partial charge in [0.15, 0.2) is 6.10 Å². The van der Waals surface area contributed by atoms with Gasteiger partial charge in [0, 0.05) is 0 Å². The lowest BCUT2D eigenvalue weighted by molar-refractivity contribution is -0.164. The summed E-state index contributed by atoms with van der Waals surface area (Å²) in [6.45, 7) is 18.3. The molecule has 158 valence electrons. The van der Waals surface area contributed by atoms with Gasteiger partial charge < -0.3 is 13.6 Å². The second kappa shape index (κ2) is 8.03. The highest BCUT2D eigenvalue weighted by atomic mass is 28.4. The third-order valence-corrected chi connectivity index (χ3v) is 11.6. The molecule has 1 aliphatic heterocycles. The molecule has 7 heteroatoms. The highest BCUT2D eigenvalue weighted by Crippen LogP contribution is 2.48. The Labute approximate surface area is 169 Å². The van der Waals surface area contributed by atoms with E-state index in [1.807, 2.05) is 0 Å². The lowest BCUT2D eigenvalue weighted by Gasteiger charge is -2.51. The average Bonchev–Trinajstić information content (AvgIpc) is 3.03. The topological polar surface area (TPSA) is 69.0 Å². The first-order valence-corrected chi connectivity index (χ1v) is 12.2. The van der Waals surface area contributed by atoms with Crippen LogP contribution in [0.5, 0.6) is 0 Å². The normalized spacial score (nSPS) is 20.9. The zero-order valence-electron chi connectivity index (χ0n) is 18.6. The van der Waals surface area contributed by atoms with Gasteiger partial charge in [0.25, 0.3) is 5.91 Å². The van der Waals surface area contributed by atoms with Crippen molar-refractivity contribution < 1.29 is 23.2 Å².